The molecule has 0 spiro atoms. The monoisotopic (exact) mass is 520 g/mol. The Balaban J connectivity index is 0.000000221. The first-order valence-corrected chi connectivity index (χ1v) is 13.2. The second kappa shape index (κ2) is 15.4. The minimum absolute atomic E-state index is 0.0362. The molecule has 36 heavy (non-hydrogen) atoms. The molecule has 6 heteroatoms. The molecule has 0 radical (unpaired) electrons. The maximum absolute atomic E-state index is 12.7. The van der Waals surface area contributed by atoms with Crippen molar-refractivity contribution >= 4 is 28.5 Å². The molecule has 0 amide bonds. The van der Waals surface area contributed by atoms with Gasteiger partial charge in [0.2, 0.25) is 0 Å². The molecule has 0 heterocycles. The van der Waals surface area contributed by atoms with Gasteiger partial charge in [-0.05, 0) is 59.2 Å². The van der Waals surface area contributed by atoms with Gasteiger partial charge in [0.1, 0.15) is 11.6 Å². The average Bonchev–Trinajstić information content (AvgIpc) is 2.90. The molecule has 0 aliphatic heterocycles. The molecule has 0 bridgehead atoms. The number of thiol groups is 1. The minimum atomic E-state index is -3.32. The van der Waals surface area contributed by atoms with Gasteiger partial charge in [0.05, 0.1) is 5.75 Å². The van der Waals surface area contributed by atoms with Crippen LogP contribution in [0.2, 0.25) is 0 Å². The van der Waals surface area contributed by atoms with E-state index in [0.29, 0.717) is 11.1 Å². The number of hydrogen-bond acceptors (Lipinski definition) is 3. The minimum Gasteiger partial charge on any atom is -0.224 e. The smallest absolute Gasteiger partial charge is 0.175 e. The molecule has 0 saturated heterocycles. The Kier molecular flexibility index (Phi) is 12.2. The Hall–Kier alpha value is -3.66. The number of hydrogen-bond donors (Lipinski definition) is 1. The molecular formula is C30H26F2O2S2. The first kappa shape index (κ1) is 28.6. The van der Waals surface area contributed by atoms with Crippen molar-refractivity contribution in [3.8, 4) is 12.3 Å². The first-order valence-electron chi connectivity index (χ1n) is 10.9. The lowest BCUT2D eigenvalue weighted by atomic mass is 10.2. The van der Waals surface area contributed by atoms with Crippen molar-refractivity contribution in [3.63, 3.8) is 0 Å². The van der Waals surface area contributed by atoms with Crippen LogP contribution in [0.3, 0.4) is 0 Å². The van der Waals surface area contributed by atoms with E-state index in [1.54, 1.807) is 36.4 Å². The summed E-state index contributed by atoms with van der Waals surface area (Å²) >= 11 is 4.11. The van der Waals surface area contributed by atoms with E-state index in [-0.39, 0.29) is 17.4 Å². The number of benzene rings is 4. The highest BCUT2D eigenvalue weighted by molar-refractivity contribution is 7.93. The summed E-state index contributed by atoms with van der Waals surface area (Å²) in [6.07, 6.45) is 6.50. The third-order valence-electron chi connectivity index (χ3n) is 4.58. The molecule has 0 fully saturated rings. The van der Waals surface area contributed by atoms with Crippen molar-refractivity contribution < 1.29 is 17.2 Å². The van der Waals surface area contributed by atoms with E-state index in [2.05, 4.69) is 30.7 Å². The lowest BCUT2D eigenvalue weighted by Gasteiger charge is -1.99. The summed E-state index contributed by atoms with van der Waals surface area (Å²) in [7, 11) is -3.32. The average molecular weight is 521 g/mol. The van der Waals surface area contributed by atoms with E-state index in [9.17, 15) is 17.2 Å². The summed E-state index contributed by atoms with van der Waals surface area (Å²) in [6.45, 7) is 0. The van der Waals surface area contributed by atoms with Crippen LogP contribution < -0.4 is 0 Å². The largest absolute Gasteiger partial charge is 0.224 e. The van der Waals surface area contributed by atoms with E-state index < -0.39 is 9.84 Å². The highest BCUT2D eigenvalue weighted by atomic mass is 32.2. The number of terminal acetylenes is 1. The molecular weight excluding hydrogens is 494 g/mol. The topological polar surface area (TPSA) is 34.1 Å². The molecule has 0 N–H and O–H groups in total. The van der Waals surface area contributed by atoms with E-state index in [1.165, 1.54) is 48.0 Å². The van der Waals surface area contributed by atoms with Crippen molar-refractivity contribution in [3.05, 3.63) is 148 Å². The normalized spacial score (nSPS) is 10.4. The Morgan fingerprint density at radius 3 is 1.64 bits per heavy atom. The molecule has 4 aromatic rings. The van der Waals surface area contributed by atoms with E-state index in [0.717, 1.165) is 16.7 Å². The predicted molar refractivity (Wildman–Crippen MR) is 148 cm³/mol. The maximum Gasteiger partial charge on any atom is 0.175 e. The summed E-state index contributed by atoms with van der Waals surface area (Å²) in [4.78, 5) is 0. The molecule has 4 rings (SSSR count). The third kappa shape index (κ3) is 11.7. The van der Waals surface area contributed by atoms with Crippen LogP contribution in [0.25, 0.3) is 6.08 Å². The molecule has 0 aliphatic rings. The van der Waals surface area contributed by atoms with Crippen molar-refractivity contribution in [2.75, 3.05) is 0 Å². The summed E-state index contributed by atoms with van der Waals surface area (Å²) in [6, 6.07) is 30.6. The van der Waals surface area contributed by atoms with Gasteiger partial charge in [0.25, 0.3) is 0 Å². The first-order chi connectivity index (χ1) is 17.3. The van der Waals surface area contributed by atoms with Crippen molar-refractivity contribution in [2.24, 2.45) is 0 Å². The Morgan fingerprint density at radius 2 is 1.19 bits per heavy atom. The maximum atomic E-state index is 12.7. The third-order valence-corrected chi connectivity index (χ3v) is 6.24. The van der Waals surface area contributed by atoms with Crippen LogP contribution in [-0.4, -0.2) is 8.42 Å². The van der Waals surface area contributed by atoms with Crippen LogP contribution in [0.4, 0.5) is 8.78 Å². The van der Waals surface area contributed by atoms with Gasteiger partial charge in [-0.1, -0.05) is 78.7 Å². The second-order valence-corrected chi connectivity index (χ2v) is 9.64. The molecule has 0 unspecified atom stereocenters. The predicted octanol–water partition coefficient (Wildman–Crippen LogP) is 7.33. The van der Waals surface area contributed by atoms with Gasteiger partial charge >= 0.3 is 0 Å². The van der Waals surface area contributed by atoms with Gasteiger partial charge in [-0.3, -0.25) is 0 Å². The summed E-state index contributed by atoms with van der Waals surface area (Å²) in [5.41, 5.74) is 3.37. The van der Waals surface area contributed by atoms with Gasteiger partial charge in [0.15, 0.2) is 9.84 Å². The molecule has 0 aliphatic carbocycles. The lowest BCUT2D eigenvalue weighted by molar-refractivity contribution is 0.604. The van der Waals surface area contributed by atoms with Crippen molar-refractivity contribution in [1.29, 1.82) is 0 Å². The highest BCUT2D eigenvalue weighted by Gasteiger charge is 2.07. The number of rotatable bonds is 5. The van der Waals surface area contributed by atoms with Gasteiger partial charge < -0.3 is 0 Å². The lowest BCUT2D eigenvalue weighted by Crippen LogP contribution is -1.99. The van der Waals surface area contributed by atoms with Crippen LogP contribution in [0.15, 0.2) is 115 Å². The standard InChI is InChI=1S/C15H13FO2S.C8H5F.C7H8S/c16-15-8-6-13(7-9-15)10-11-19(17,18)12-14-4-2-1-3-5-14;1-2-7-3-5-8(9)6-4-7;8-6-7-4-2-1-3-5-7/h1-11H,12H2;1,3-6H;1-5,8H,6H2. The van der Waals surface area contributed by atoms with Crippen molar-refractivity contribution in [2.45, 2.75) is 11.5 Å². The Labute approximate surface area is 217 Å². The summed E-state index contributed by atoms with van der Waals surface area (Å²) in [5, 5.41) is 1.16. The molecule has 0 atom stereocenters. The quantitative estimate of drug-likeness (QED) is 0.221. The van der Waals surface area contributed by atoms with Crippen LogP contribution in [-0.2, 0) is 21.3 Å². The summed E-state index contributed by atoms with van der Waals surface area (Å²) in [5.74, 6) is 2.59. The molecule has 2 nitrogen and oxygen atoms in total. The highest BCUT2D eigenvalue weighted by Crippen LogP contribution is 2.10. The van der Waals surface area contributed by atoms with Crippen LogP contribution in [0, 0.1) is 24.0 Å². The zero-order valence-corrected chi connectivity index (χ0v) is 21.2. The van der Waals surface area contributed by atoms with Gasteiger partial charge in [-0.2, -0.15) is 12.6 Å². The van der Waals surface area contributed by atoms with E-state index in [4.69, 9.17) is 6.42 Å². The van der Waals surface area contributed by atoms with Gasteiger partial charge in [-0.15, -0.1) is 6.42 Å². The molecule has 4 aromatic carbocycles. The van der Waals surface area contributed by atoms with Crippen LogP contribution in [0.5, 0.6) is 0 Å². The SMILES string of the molecule is C#Cc1ccc(F)cc1.O=S(=O)(C=Cc1ccc(F)cc1)Cc1ccccc1.SCc1ccccc1. The fraction of sp³-hybridized carbons (Fsp3) is 0.0667. The fourth-order valence-electron chi connectivity index (χ4n) is 2.74. The van der Waals surface area contributed by atoms with E-state index in [1.807, 2.05) is 24.3 Å². The van der Waals surface area contributed by atoms with Gasteiger partial charge in [0, 0.05) is 16.7 Å². The molecule has 184 valence electrons. The van der Waals surface area contributed by atoms with Gasteiger partial charge in [-0.25, -0.2) is 17.2 Å². The number of halogens is 2. The molecule has 0 aromatic heterocycles. The van der Waals surface area contributed by atoms with Crippen molar-refractivity contribution in [1.82, 2.24) is 0 Å². The number of sulfone groups is 1. The van der Waals surface area contributed by atoms with Crippen LogP contribution >= 0.6 is 12.6 Å². The fourth-order valence-corrected chi connectivity index (χ4v) is 4.07. The summed E-state index contributed by atoms with van der Waals surface area (Å²) < 4.78 is 48.6. The zero-order valence-electron chi connectivity index (χ0n) is 19.5. The second-order valence-electron chi connectivity index (χ2n) is 7.44. The Bertz CT molecular complexity index is 1340. The Morgan fingerprint density at radius 1 is 0.722 bits per heavy atom. The molecule has 0 saturated carbocycles. The zero-order chi connectivity index (χ0) is 26.2. The van der Waals surface area contributed by atoms with E-state index >= 15 is 0 Å². The van der Waals surface area contributed by atoms with Crippen LogP contribution in [0.1, 0.15) is 22.3 Å².